The van der Waals surface area contributed by atoms with E-state index >= 15 is 0 Å². The quantitative estimate of drug-likeness (QED) is 0.167. The van der Waals surface area contributed by atoms with Crippen molar-refractivity contribution in [2.24, 2.45) is 17.8 Å². The molecular formula is C30H51Cl2N5O6S. The number of sulfonamides is 1. The van der Waals surface area contributed by atoms with Crippen molar-refractivity contribution in [2.75, 3.05) is 32.7 Å². The van der Waals surface area contributed by atoms with Gasteiger partial charge in [-0.2, -0.15) is 0 Å². The van der Waals surface area contributed by atoms with E-state index < -0.39 is 34.5 Å². The lowest BCUT2D eigenvalue weighted by Gasteiger charge is -2.28. The fourth-order valence-electron chi connectivity index (χ4n) is 5.78. The Hall–Kier alpha value is -1.96. The molecule has 1 aromatic rings. The number of aliphatic carboxylic acids is 1. The molecule has 0 bridgehead atoms. The van der Waals surface area contributed by atoms with Gasteiger partial charge in [-0.25, -0.2) is 18.2 Å². The highest BCUT2D eigenvalue weighted by Crippen LogP contribution is 2.27. The number of hydrazine groups is 1. The van der Waals surface area contributed by atoms with Crippen LogP contribution in [0.3, 0.4) is 0 Å². The number of hydrogen-bond acceptors (Lipinski definition) is 7. The van der Waals surface area contributed by atoms with Crippen LogP contribution in [0.5, 0.6) is 0 Å². The molecule has 0 aromatic heterocycles. The third kappa shape index (κ3) is 12.8. The van der Waals surface area contributed by atoms with Crippen molar-refractivity contribution >= 4 is 52.6 Å². The molecule has 44 heavy (non-hydrogen) atoms. The van der Waals surface area contributed by atoms with E-state index in [0.717, 1.165) is 96.0 Å². The summed E-state index contributed by atoms with van der Waals surface area (Å²) in [6.07, 6.45) is 9.40. The number of carbonyl (C=O) groups excluding carboxylic acids is 2. The van der Waals surface area contributed by atoms with Crippen LogP contribution in [0.1, 0.15) is 77.2 Å². The molecular weight excluding hydrogens is 629 g/mol. The number of rotatable bonds is 16. The number of hydrogen-bond donors (Lipinski definition) is 5. The van der Waals surface area contributed by atoms with E-state index in [9.17, 15) is 27.9 Å². The van der Waals surface area contributed by atoms with E-state index in [1.807, 2.05) is 6.92 Å². The first-order valence-corrected chi connectivity index (χ1v) is 16.9. The van der Waals surface area contributed by atoms with Crippen LogP contribution in [-0.2, 0) is 30.8 Å². The molecule has 14 heteroatoms. The van der Waals surface area contributed by atoms with Gasteiger partial charge in [0.1, 0.15) is 6.04 Å². The van der Waals surface area contributed by atoms with Gasteiger partial charge in [0, 0.05) is 5.92 Å². The number of carbonyl (C=O) groups is 3. The van der Waals surface area contributed by atoms with Gasteiger partial charge in [-0.05, 0) is 120 Å². The highest BCUT2D eigenvalue weighted by molar-refractivity contribution is 7.89. The molecule has 1 atom stereocenters. The van der Waals surface area contributed by atoms with Crippen LogP contribution in [0.25, 0.3) is 0 Å². The molecule has 2 aliphatic rings. The van der Waals surface area contributed by atoms with Gasteiger partial charge >= 0.3 is 5.97 Å². The second kappa shape index (κ2) is 20.2. The Balaban J connectivity index is 0.00000484. The molecule has 0 radical (unpaired) electrons. The number of carboxylic acids is 1. The first kappa shape index (κ1) is 40.1. The Bertz CT molecular complexity index is 1110. The molecule has 0 saturated carbocycles. The molecule has 2 fully saturated rings. The number of piperidine rings is 2. The topological polar surface area (TPSA) is 157 Å². The monoisotopic (exact) mass is 679 g/mol. The molecule has 0 spiro atoms. The first-order chi connectivity index (χ1) is 20.1. The molecule has 2 saturated heterocycles. The molecule has 252 valence electrons. The predicted octanol–water partition coefficient (Wildman–Crippen LogP) is 3.27. The summed E-state index contributed by atoms with van der Waals surface area (Å²) in [6, 6.07) is 4.76. The zero-order valence-corrected chi connectivity index (χ0v) is 28.3. The highest BCUT2D eigenvalue weighted by atomic mass is 35.5. The van der Waals surface area contributed by atoms with Crippen LogP contribution in [0, 0.1) is 17.8 Å². The van der Waals surface area contributed by atoms with E-state index in [2.05, 4.69) is 20.8 Å². The number of aryl methyl sites for hydroxylation is 1. The second-order valence-electron chi connectivity index (χ2n) is 11.7. The Morgan fingerprint density at radius 1 is 0.932 bits per heavy atom. The van der Waals surface area contributed by atoms with Gasteiger partial charge in [-0.15, -0.1) is 29.6 Å². The minimum Gasteiger partial charge on any atom is -0.480 e. The lowest BCUT2D eigenvalue weighted by molar-refractivity contribution is -0.150. The van der Waals surface area contributed by atoms with Crippen molar-refractivity contribution in [3.63, 3.8) is 0 Å². The highest BCUT2D eigenvalue weighted by Gasteiger charge is 2.31. The average molecular weight is 681 g/mol. The minimum atomic E-state index is -4.24. The van der Waals surface area contributed by atoms with Crippen LogP contribution in [0.15, 0.2) is 29.2 Å². The van der Waals surface area contributed by atoms with Gasteiger partial charge in [-0.1, -0.05) is 25.5 Å². The Morgan fingerprint density at radius 2 is 1.43 bits per heavy atom. The summed E-state index contributed by atoms with van der Waals surface area (Å²) in [5.74, 6) is -1.59. The molecule has 0 aliphatic carbocycles. The number of amides is 2. The zero-order chi connectivity index (χ0) is 30.5. The van der Waals surface area contributed by atoms with Crippen LogP contribution >= 0.6 is 24.8 Å². The lowest BCUT2D eigenvalue weighted by Crippen LogP contribution is -2.56. The van der Waals surface area contributed by atoms with E-state index in [0.29, 0.717) is 16.8 Å². The molecule has 11 nitrogen and oxygen atoms in total. The molecule has 5 N–H and O–H groups in total. The van der Waals surface area contributed by atoms with Crippen molar-refractivity contribution in [1.29, 1.82) is 0 Å². The summed E-state index contributed by atoms with van der Waals surface area (Å²) in [7, 11) is -4.24. The SMILES string of the molecule is CCCc1ccc(S(=O)(=O)NN(C(=O)CNC(=O)C(CCC2CCNCC2)CCC2CCNCC2)C(C)C(=O)O)cc1.Cl.Cl. The third-order valence-corrected chi connectivity index (χ3v) is 9.88. The van der Waals surface area contributed by atoms with Gasteiger partial charge in [0.2, 0.25) is 5.91 Å². The molecule has 3 rings (SSSR count). The fraction of sp³-hybridized carbons (Fsp3) is 0.700. The van der Waals surface area contributed by atoms with Crippen molar-refractivity contribution in [2.45, 2.75) is 89.0 Å². The van der Waals surface area contributed by atoms with Crippen molar-refractivity contribution in [1.82, 2.24) is 25.8 Å². The predicted molar refractivity (Wildman–Crippen MR) is 175 cm³/mol. The average Bonchev–Trinajstić information content (AvgIpc) is 2.99. The van der Waals surface area contributed by atoms with Gasteiger partial charge in [0.25, 0.3) is 15.9 Å². The standard InChI is InChI=1S/C30H49N5O6S.2ClH/c1-3-4-23-7-11-27(12-8-23)42(40,41)34-35(22(2)30(38)39)28(36)21-33-29(37)26(9-5-24-13-17-31-18-14-24)10-6-25-15-19-32-20-16-25;;/h7-8,11-12,22,24-26,31-32,34H,3-6,9-10,13-21H2,1-2H3,(H,33,37)(H,38,39);2*1H. The van der Waals surface area contributed by atoms with Crippen molar-refractivity contribution in [3.05, 3.63) is 29.8 Å². The number of carboxylic acid groups (broad SMARTS) is 1. The summed E-state index contributed by atoms with van der Waals surface area (Å²) in [5.41, 5.74) is 0.973. The van der Waals surface area contributed by atoms with Gasteiger partial charge < -0.3 is 21.1 Å². The van der Waals surface area contributed by atoms with Crippen LogP contribution in [0.2, 0.25) is 0 Å². The van der Waals surface area contributed by atoms with E-state index in [4.69, 9.17) is 0 Å². The Morgan fingerprint density at radius 3 is 1.89 bits per heavy atom. The number of benzene rings is 1. The van der Waals surface area contributed by atoms with Gasteiger partial charge in [0.15, 0.2) is 0 Å². The normalized spacial score (nSPS) is 16.8. The summed E-state index contributed by atoms with van der Waals surface area (Å²) in [6.45, 7) is 6.68. The maximum atomic E-state index is 13.3. The van der Waals surface area contributed by atoms with E-state index in [1.165, 1.54) is 19.1 Å². The molecule has 1 aromatic carbocycles. The fourth-order valence-corrected chi connectivity index (χ4v) is 6.89. The zero-order valence-electron chi connectivity index (χ0n) is 25.9. The summed E-state index contributed by atoms with van der Waals surface area (Å²) in [4.78, 5) is 40.4. The largest absolute Gasteiger partial charge is 0.480 e. The summed E-state index contributed by atoms with van der Waals surface area (Å²) < 4.78 is 26.1. The van der Waals surface area contributed by atoms with Crippen molar-refractivity contribution in [3.8, 4) is 0 Å². The van der Waals surface area contributed by atoms with E-state index in [-0.39, 0.29) is 41.5 Å². The lowest BCUT2D eigenvalue weighted by atomic mass is 9.84. The van der Waals surface area contributed by atoms with Gasteiger partial charge in [0.05, 0.1) is 11.4 Å². The van der Waals surface area contributed by atoms with Crippen LogP contribution < -0.4 is 20.8 Å². The number of halogens is 2. The molecule has 2 amide bonds. The van der Waals surface area contributed by atoms with Crippen LogP contribution in [0.4, 0.5) is 0 Å². The molecule has 2 heterocycles. The van der Waals surface area contributed by atoms with Gasteiger partial charge in [-0.3, -0.25) is 9.59 Å². The Kier molecular flexibility index (Phi) is 18.4. The minimum absolute atomic E-state index is 0. The smallest absolute Gasteiger partial charge is 0.327 e. The first-order valence-electron chi connectivity index (χ1n) is 15.5. The molecule has 1 unspecified atom stereocenters. The number of nitrogens with zero attached hydrogens (tertiary/aromatic N) is 1. The summed E-state index contributed by atoms with van der Waals surface area (Å²) in [5, 5.41) is 19.6. The Labute approximate surface area is 274 Å². The third-order valence-electron chi connectivity index (χ3n) is 8.55. The maximum absolute atomic E-state index is 13.3. The summed E-state index contributed by atoms with van der Waals surface area (Å²) >= 11 is 0. The van der Waals surface area contributed by atoms with Crippen molar-refractivity contribution < 1.29 is 27.9 Å². The number of nitrogens with one attached hydrogen (secondary N) is 4. The second-order valence-corrected chi connectivity index (χ2v) is 13.4. The molecule has 2 aliphatic heterocycles. The van der Waals surface area contributed by atoms with E-state index in [1.54, 1.807) is 12.1 Å². The maximum Gasteiger partial charge on any atom is 0.327 e. The van der Waals surface area contributed by atoms with Crippen LogP contribution in [-0.4, -0.2) is 75.1 Å².